The molecule has 6 heteroatoms. The van der Waals surface area contributed by atoms with E-state index in [1.807, 2.05) is 18.2 Å². The van der Waals surface area contributed by atoms with Crippen molar-refractivity contribution in [3.05, 3.63) is 34.9 Å². The lowest BCUT2D eigenvalue weighted by molar-refractivity contribution is 0.0526. The number of nitrogens with zero attached hydrogens (tertiary/aromatic N) is 2. The predicted octanol–water partition coefficient (Wildman–Crippen LogP) is 2.94. The largest absolute Gasteiger partial charge is 0.386 e. The van der Waals surface area contributed by atoms with E-state index in [9.17, 15) is 5.11 Å². The summed E-state index contributed by atoms with van der Waals surface area (Å²) in [4.78, 5) is 7.17. The van der Waals surface area contributed by atoms with E-state index in [1.54, 1.807) is 6.07 Å². The van der Waals surface area contributed by atoms with Crippen molar-refractivity contribution in [1.29, 1.82) is 0 Å². The first-order valence-electron chi connectivity index (χ1n) is 9.77. The molecule has 0 aliphatic carbocycles. The second kappa shape index (κ2) is 9.07. The first-order chi connectivity index (χ1) is 12.6. The van der Waals surface area contributed by atoms with E-state index in [-0.39, 0.29) is 0 Å². The standard InChI is InChI=1S/C20H31ClN4O/c1-3-22-20(23-13-19(26)17-9-4-5-10-18(17)21)24-14-11-15-7-6-8-16(12-14)25(15)2/h4-5,9-10,14-16,19,26H,3,6-8,11-13H2,1-2H3,(H2,22,23,24). The Morgan fingerprint density at radius 1 is 1.31 bits per heavy atom. The maximum absolute atomic E-state index is 10.4. The summed E-state index contributed by atoms with van der Waals surface area (Å²) in [6, 6.07) is 9.19. The summed E-state index contributed by atoms with van der Waals surface area (Å²) < 4.78 is 0. The van der Waals surface area contributed by atoms with Crippen molar-refractivity contribution < 1.29 is 5.11 Å². The molecule has 5 nitrogen and oxygen atoms in total. The highest BCUT2D eigenvalue weighted by Gasteiger charge is 2.36. The molecule has 3 N–H and O–H groups in total. The predicted molar refractivity (Wildman–Crippen MR) is 108 cm³/mol. The summed E-state index contributed by atoms with van der Waals surface area (Å²) in [6.07, 6.45) is 5.56. The fourth-order valence-electron chi connectivity index (χ4n) is 4.27. The minimum Gasteiger partial charge on any atom is -0.386 e. The topological polar surface area (TPSA) is 59.9 Å². The molecule has 2 fully saturated rings. The van der Waals surface area contributed by atoms with E-state index in [1.165, 1.54) is 19.3 Å². The van der Waals surface area contributed by atoms with Crippen LogP contribution in [0.3, 0.4) is 0 Å². The fraction of sp³-hybridized carbons (Fsp3) is 0.650. The molecule has 0 amide bonds. The highest BCUT2D eigenvalue weighted by Crippen LogP contribution is 2.32. The number of rotatable bonds is 5. The molecule has 144 valence electrons. The quantitative estimate of drug-likeness (QED) is 0.544. The molecule has 1 aromatic rings. The van der Waals surface area contributed by atoms with E-state index in [4.69, 9.17) is 11.6 Å². The van der Waals surface area contributed by atoms with Gasteiger partial charge < -0.3 is 20.6 Å². The zero-order chi connectivity index (χ0) is 18.5. The van der Waals surface area contributed by atoms with E-state index in [0.29, 0.717) is 29.7 Å². The molecule has 0 saturated carbocycles. The van der Waals surface area contributed by atoms with Crippen molar-refractivity contribution in [2.45, 2.75) is 63.3 Å². The highest BCUT2D eigenvalue weighted by molar-refractivity contribution is 6.31. The Kier molecular flexibility index (Phi) is 6.79. The number of hydrogen-bond acceptors (Lipinski definition) is 3. The Labute approximate surface area is 161 Å². The molecule has 3 rings (SSSR count). The number of aliphatic hydroxyl groups is 1. The van der Waals surface area contributed by atoms with Gasteiger partial charge in [0, 0.05) is 35.3 Å². The molecule has 1 aromatic carbocycles. The molecular weight excluding hydrogens is 348 g/mol. The lowest BCUT2D eigenvalue weighted by atomic mass is 9.82. The van der Waals surface area contributed by atoms with Gasteiger partial charge in [0.15, 0.2) is 5.96 Å². The van der Waals surface area contributed by atoms with E-state index in [2.05, 4.69) is 34.5 Å². The van der Waals surface area contributed by atoms with Crippen LogP contribution in [0.1, 0.15) is 50.7 Å². The molecule has 0 radical (unpaired) electrons. The molecule has 0 aromatic heterocycles. The highest BCUT2D eigenvalue weighted by atomic mass is 35.5. The van der Waals surface area contributed by atoms with Gasteiger partial charge in [-0.2, -0.15) is 0 Å². The van der Waals surface area contributed by atoms with Crippen molar-refractivity contribution in [2.75, 3.05) is 20.1 Å². The van der Waals surface area contributed by atoms with Crippen molar-refractivity contribution >= 4 is 17.6 Å². The summed E-state index contributed by atoms with van der Waals surface area (Å²) in [7, 11) is 2.27. The van der Waals surface area contributed by atoms with Gasteiger partial charge in [-0.1, -0.05) is 36.2 Å². The van der Waals surface area contributed by atoms with Crippen LogP contribution >= 0.6 is 11.6 Å². The van der Waals surface area contributed by atoms with Crippen LogP contribution in [0.4, 0.5) is 0 Å². The molecule has 2 saturated heterocycles. The Balaban J connectivity index is 1.61. The van der Waals surface area contributed by atoms with Crippen molar-refractivity contribution in [3.8, 4) is 0 Å². The molecule has 2 aliphatic heterocycles. The van der Waals surface area contributed by atoms with Gasteiger partial charge in [0.05, 0.1) is 6.54 Å². The maximum Gasteiger partial charge on any atom is 0.191 e. The van der Waals surface area contributed by atoms with Gasteiger partial charge in [-0.05, 0) is 45.7 Å². The summed E-state index contributed by atoms with van der Waals surface area (Å²) >= 11 is 6.17. The van der Waals surface area contributed by atoms with Crippen molar-refractivity contribution in [2.24, 2.45) is 4.99 Å². The second-order valence-electron chi connectivity index (χ2n) is 7.47. The van der Waals surface area contributed by atoms with E-state index >= 15 is 0 Å². The van der Waals surface area contributed by atoms with Crippen LogP contribution in [0.2, 0.25) is 5.02 Å². The summed E-state index contributed by atoms with van der Waals surface area (Å²) in [5, 5.41) is 17.9. The maximum atomic E-state index is 10.4. The van der Waals surface area contributed by atoms with Crippen LogP contribution < -0.4 is 10.6 Å². The number of benzene rings is 1. The second-order valence-corrected chi connectivity index (χ2v) is 7.88. The van der Waals surface area contributed by atoms with Gasteiger partial charge in [-0.15, -0.1) is 0 Å². The van der Waals surface area contributed by atoms with Crippen LogP contribution in [0.5, 0.6) is 0 Å². The minimum atomic E-state index is -0.698. The van der Waals surface area contributed by atoms with Gasteiger partial charge >= 0.3 is 0 Å². The van der Waals surface area contributed by atoms with Gasteiger partial charge in [-0.3, -0.25) is 4.99 Å². The lowest BCUT2D eigenvalue weighted by Gasteiger charge is -2.47. The molecule has 2 heterocycles. The van der Waals surface area contributed by atoms with E-state index < -0.39 is 6.10 Å². The molecule has 3 atom stereocenters. The van der Waals surface area contributed by atoms with Crippen LogP contribution in [0.15, 0.2) is 29.3 Å². The average molecular weight is 379 g/mol. The Bertz CT molecular complexity index is 610. The molecule has 26 heavy (non-hydrogen) atoms. The van der Waals surface area contributed by atoms with Crippen molar-refractivity contribution in [1.82, 2.24) is 15.5 Å². The average Bonchev–Trinajstić information content (AvgIpc) is 2.61. The Hall–Kier alpha value is -1.30. The number of aliphatic imine (C=N–C) groups is 1. The number of guanidine groups is 1. The molecular formula is C20H31ClN4O. The number of nitrogens with one attached hydrogen (secondary N) is 2. The van der Waals surface area contributed by atoms with Crippen LogP contribution in [-0.2, 0) is 0 Å². The number of hydrogen-bond donors (Lipinski definition) is 3. The third-order valence-electron chi connectivity index (χ3n) is 5.71. The Morgan fingerprint density at radius 2 is 2.00 bits per heavy atom. The smallest absolute Gasteiger partial charge is 0.191 e. The van der Waals surface area contributed by atoms with E-state index in [0.717, 1.165) is 30.9 Å². The number of aliphatic hydroxyl groups excluding tert-OH is 1. The first-order valence-corrected chi connectivity index (χ1v) is 10.2. The number of piperidine rings is 2. The third kappa shape index (κ3) is 4.70. The Morgan fingerprint density at radius 3 is 2.65 bits per heavy atom. The summed E-state index contributed by atoms with van der Waals surface area (Å²) in [5.41, 5.74) is 0.725. The zero-order valence-electron chi connectivity index (χ0n) is 15.8. The van der Waals surface area contributed by atoms with Gasteiger partial charge in [0.2, 0.25) is 0 Å². The lowest BCUT2D eigenvalue weighted by Crippen LogP contribution is -2.56. The molecule has 3 unspecified atom stereocenters. The summed E-state index contributed by atoms with van der Waals surface area (Å²) in [6.45, 7) is 3.15. The first kappa shape index (κ1) is 19.5. The minimum absolute atomic E-state index is 0.290. The molecule has 0 spiro atoms. The van der Waals surface area contributed by atoms with Crippen LogP contribution in [0.25, 0.3) is 0 Å². The zero-order valence-corrected chi connectivity index (χ0v) is 16.5. The number of fused-ring (bicyclic) bond motifs is 2. The van der Waals surface area contributed by atoms with Crippen molar-refractivity contribution in [3.63, 3.8) is 0 Å². The molecule has 2 bridgehead atoms. The SMILES string of the molecule is CCNC(=NCC(O)c1ccccc1Cl)NC1CC2CCCC(C1)N2C. The third-order valence-corrected chi connectivity index (χ3v) is 6.06. The molecule has 2 aliphatic rings. The normalized spacial score (nSPS) is 27.8. The van der Waals surface area contributed by atoms with Gasteiger partial charge in [0.25, 0.3) is 0 Å². The van der Waals surface area contributed by atoms with Crippen LogP contribution in [0, 0.1) is 0 Å². The fourth-order valence-corrected chi connectivity index (χ4v) is 4.53. The van der Waals surface area contributed by atoms with Gasteiger partial charge in [0.1, 0.15) is 6.10 Å². The van der Waals surface area contributed by atoms with Crippen LogP contribution in [-0.4, -0.2) is 54.2 Å². The van der Waals surface area contributed by atoms with Gasteiger partial charge in [-0.25, -0.2) is 0 Å². The monoisotopic (exact) mass is 378 g/mol. The summed E-state index contributed by atoms with van der Waals surface area (Å²) in [5.74, 6) is 0.784. The number of halogens is 1.